The highest BCUT2D eigenvalue weighted by atomic mass is 32.2. The summed E-state index contributed by atoms with van der Waals surface area (Å²) in [7, 11) is 0. The van der Waals surface area contributed by atoms with Crippen molar-refractivity contribution in [2.75, 3.05) is 4.90 Å². The fourth-order valence-corrected chi connectivity index (χ4v) is 11.1. The highest BCUT2D eigenvalue weighted by molar-refractivity contribution is 7.99. The van der Waals surface area contributed by atoms with Crippen LogP contribution in [-0.2, 0) is 5.41 Å². The van der Waals surface area contributed by atoms with Crippen LogP contribution < -0.4 is 9.64 Å². The second-order valence-corrected chi connectivity index (χ2v) is 17.3. The van der Waals surface area contributed by atoms with Gasteiger partial charge in [0.2, 0.25) is 0 Å². The summed E-state index contributed by atoms with van der Waals surface area (Å²) in [5, 5.41) is 4.54. The molecular weight excluding hydrogens is 751 g/mol. The van der Waals surface area contributed by atoms with E-state index in [1.54, 1.807) is 11.8 Å². The average molecular weight is 790 g/mol. The molecule has 2 heterocycles. The number of ether oxygens (including phenoxy) is 1. The van der Waals surface area contributed by atoms with Gasteiger partial charge in [-0.2, -0.15) is 0 Å². The van der Waals surface area contributed by atoms with E-state index in [2.05, 4.69) is 202 Å². The van der Waals surface area contributed by atoms with Gasteiger partial charge in [-0.3, -0.25) is 0 Å². The summed E-state index contributed by atoms with van der Waals surface area (Å²) in [5.41, 5.74) is 15.4. The Morgan fingerprint density at radius 2 is 1.18 bits per heavy atom. The Kier molecular flexibility index (Phi) is 7.73. The Labute approximate surface area is 353 Å². The zero-order valence-corrected chi connectivity index (χ0v) is 34.3. The van der Waals surface area contributed by atoms with Crippen molar-refractivity contribution in [2.24, 2.45) is 0 Å². The van der Waals surface area contributed by atoms with Gasteiger partial charge in [-0.15, -0.1) is 0 Å². The van der Waals surface area contributed by atoms with Crippen molar-refractivity contribution >= 4 is 61.5 Å². The molecule has 3 nitrogen and oxygen atoms in total. The number of hydrogen-bond donors (Lipinski definition) is 0. The molecule has 0 bridgehead atoms. The minimum Gasteiger partial charge on any atom is -0.456 e. The molecular formula is C56H39NO2S. The Balaban J connectivity index is 1.18. The van der Waals surface area contributed by atoms with Gasteiger partial charge in [0.25, 0.3) is 0 Å². The predicted molar refractivity (Wildman–Crippen MR) is 248 cm³/mol. The molecule has 1 aromatic heterocycles. The quantitative estimate of drug-likeness (QED) is 0.173. The Bertz CT molecular complexity index is 3360. The van der Waals surface area contributed by atoms with Crippen molar-refractivity contribution in [1.29, 1.82) is 0 Å². The molecule has 286 valence electrons. The van der Waals surface area contributed by atoms with E-state index in [1.165, 1.54) is 49.9 Å². The number of para-hydroxylation sites is 2. The summed E-state index contributed by atoms with van der Waals surface area (Å²) in [5.74, 6) is 1.83. The number of hydrogen-bond acceptors (Lipinski definition) is 4. The Morgan fingerprint density at radius 1 is 0.483 bits per heavy atom. The molecule has 1 aliphatic carbocycles. The third-order valence-electron chi connectivity index (χ3n) is 12.5. The van der Waals surface area contributed by atoms with Crippen LogP contribution in [0, 0.1) is 20.8 Å². The van der Waals surface area contributed by atoms with E-state index >= 15 is 0 Å². The number of rotatable bonds is 5. The van der Waals surface area contributed by atoms with Gasteiger partial charge in [0.05, 0.1) is 32.0 Å². The SMILES string of the molecule is Cc1ccc(N(c2ccc(C3(c4cc(C)cc(C)c4)c4ccccc4-c4c3ccc3c4Oc4ccccc4S3)c3ccccc23)c2cccc3oc4ccccc4c23)cc1. The molecule has 2 aliphatic rings. The maximum Gasteiger partial charge on any atom is 0.149 e. The number of fused-ring (bicyclic) bond motifs is 10. The van der Waals surface area contributed by atoms with Gasteiger partial charge >= 0.3 is 0 Å². The van der Waals surface area contributed by atoms with Crippen LogP contribution >= 0.6 is 11.8 Å². The highest BCUT2D eigenvalue weighted by Gasteiger charge is 2.49. The Hall–Kier alpha value is -7.01. The highest BCUT2D eigenvalue weighted by Crippen LogP contribution is 2.63. The van der Waals surface area contributed by atoms with Gasteiger partial charge in [-0.05, 0) is 109 Å². The molecule has 12 rings (SSSR count). The molecule has 0 N–H and O–H groups in total. The first kappa shape index (κ1) is 35.0. The van der Waals surface area contributed by atoms with Crippen molar-refractivity contribution in [3.05, 3.63) is 221 Å². The lowest BCUT2D eigenvalue weighted by molar-refractivity contribution is 0.456. The largest absolute Gasteiger partial charge is 0.456 e. The molecule has 0 fully saturated rings. The molecule has 60 heavy (non-hydrogen) atoms. The van der Waals surface area contributed by atoms with E-state index in [0.29, 0.717) is 0 Å². The van der Waals surface area contributed by atoms with Crippen molar-refractivity contribution < 1.29 is 9.15 Å². The Morgan fingerprint density at radius 3 is 2.03 bits per heavy atom. The summed E-state index contributed by atoms with van der Waals surface area (Å²) in [4.78, 5) is 4.69. The number of aryl methyl sites for hydroxylation is 3. The normalized spacial score (nSPS) is 15.1. The zero-order chi connectivity index (χ0) is 40.1. The molecule has 0 saturated heterocycles. The van der Waals surface area contributed by atoms with E-state index in [0.717, 1.165) is 71.2 Å². The van der Waals surface area contributed by atoms with Crippen molar-refractivity contribution in [2.45, 2.75) is 36.0 Å². The van der Waals surface area contributed by atoms with Crippen LogP contribution in [0.1, 0.15) is 38.9 Å². The first-order valence-electron chi connectivity index (χ1n) is 20.6. The lowest BCUT2D eigenvalue weighted by Gasteiger charge is -2.36. The van der Waals surface area contributed by atoms with Crippen LogP contribution in [0.3, 0.4) is 0 Å². The lowest BCUT2D eigenvalue weighted by atomic mass is 9.66. The smallest absolute Gasteiger partial charge is 0.149 e. The van der Waals surface area contributed by atoms with Crippen LogP contribution in [-0.4, -0.2) is 0 Å². The number of nitrogens with zero attached hydrogens (tertiary/aromatic N) is 1. The predicted octanol–water partition coefficient (Wildman–Crippen LogP) is 15.8. The molecule has 4 heteroatoms. The lowest BCUT2D eigenvalue weighted by Crippen LogP contribution is -2.29. The van der Waals surface area contributed by atoms with Crippen LogP contribution in [0.4, 0.5) is 17.1 Å². The summed E-state index contributed by atoms with van der Waals surface area (Å²) < 4.78 is 13.4. The maximum atomic E-state index is 6.96. The van der Waals surface area contributed by atoms with Gasteiger partial charge in [0, 0.05) is 22.0 Å². The first-order chi connectivity index (χ1) is 29.5. The van der Waals surface area contributed by atoms with E-state index in [1.807, 2.05) is 6.07 Å². The third-order valence-corrected chi connectivity index (χ3v) is 13.6. The zero-order valence-electron chi connectivity index (χ0n) is 33.5. The van der Waals surface area contributed by atoms with Crippen LogP contribution in [0.2, 0.25) is 0 Å². The van der Waals surface area contributed by atoms with Gasteiger partial charge in [-0.1, -0.05) is 156 Å². The van der Waals surface area contributed by atoms with Gasteiger partial charge in [0.1, 0.15) is 22.7 Å². The second-order valence-electron chi connectivity index (χ2n) is 16.2. The van der Waals surface area contributed by atoms with Gasteiger partial charge < -0.3 is 14.1 Å². The van der Waals surface area contributed by atoms with E-state index in [4.69, 9.17) is 9.15 Å². The third kappa shape index (κ3) is 5.04. The number of benzene rings is 9. The van der Waals surface area contributed by atoms with Crippen molar-refractivity contribution in [1.82, 2.24) is 0 Å². The minimum atomic E-state index is -0.656. The van der Waals surface area contributed by atoms with Gasteiger partial charge in [0.15, 0.2) is 0 Å². The summed E-state index contributed by atoms with van der Waals surface area (Å²) in [6.07, 6.45) is 0. The van der Waals surface area contributed by atoms with E-state index in [9.17, 15) is 0 Å². The number of anilines is 3. The maximum absolute atomic E-state index is 6.96. The topological polar surface area (TPSA) is 25.6 Å². The molecule has 0 radical (unpaired) electrons. The molecule has 10 aromatic rings. The fourth-order valence-electron chi connectivity index (χ4n) is 10.1. The van der Waals surface area contributed by atoms with E-state index < -0.39 is 5.41 Å². The molecule has 0 amide bonds. The minimum absolute atomic E-state index is 0.656. The van der Waals surface area contributed by atoms with Crippen molar-refractivity contribution in [3.63, 3.8) is 0 Å². The van der Waals surface area contributed by atoms with Crippen molar-refractivity contribution in [3.8, 4) is 22.6 Å². The van der Waals surface area contributed by atoms with Crippen LogP contribution in [0.15, 0.2) is 196 Å². The average Bonchev–Trinajstić information content (AvgIpc) is 3.81. The molecule has 1 aliphatic heterocycles. The van der Waals surface area contributed by atoms with Crippen LogP contribution in [0.5, 0.6) is 11.5 Å². The first-order valence-corrected chi connectivity index (χ1v) is 21.4. The summed E-state index contributed by atoms with van der Waals surface area (Å²) >= 11 is 1.79. The summed E-state index contributed by atoms with van der Waals surface area (Å²) in [6.45, 7) is 6.58. The van der Waals surface area contributed by atoms with Crippen LogP contribution in [0.25, 0.3) is 43.8 Å². The standard InChI is InChI=1S/C56H39NO2S/c1-34-23-25-38(26-24-34)57(47-18-12-21-50-54(47)42-16-7-9-19-48(42)58-50)46-29-27-44(39-13-4-5-14-40(39)46)56(37-32-35(2)31-36(3)33-37)43-17-8-6-15-41(43)53-45(56)28-30-52-55(53)59-49-20-10-11-22-51(49)60-52/h4-33H,1-3H3. The second kappa shape index (κ2) is 13.3. The molecule has 9 aromatic carbocycles. The number of furan rings is 1. The molecule has 1 unspecified atom stereocenters. The fraction of sp³-hybridized carbons (Fsp3) is 0.0714. The molecule has 0 spiro atoms. The van der Waals surface area contributed by atoms with Gasteiger partial charge in [-0.25, -0.2) is 0 Å². The monoisotopic (exact) mass is 789 g/mol. The molecule has 0 saturated carbocycles. The van der Waals surface area contributed by atoms with E-state index in [-0.39, 0.29) is 0 Å². The summed E-state index contributed by atoms with van der Waals surface area (Å²) in [6, 6.07) is 66.5. The molecule has 1 atom stereocenters.